The van der Waals surface area contributed by atoms with E-state index in [2.05, 4.69) is 13.8 Å². The summed E-state index contributed by atoms with van der Waals surface area (Å²) in [7, 11) is 0. The van der Waals surface area contributed by atoms with Gasteiger partial charge in [0.15, 0.2) is 0 Å². The average molecular weight is 410 g/mol. The van der Waals surface area contributed by atoms with Crippen molar-refractivity contribution in [3.63, 3.8) is 0 Å². The van der Waals surface area contributed by atoms with Gasteiger partial charge in [0.05, 0.1) is 17.6 Å². The number of esters is 1. The fraction of sp³-hybridized carbons (Fsp3) is 0.560. The molecule has 2 fully saturated rings. The first-order valence-corrected chi connectivity index (χ1v) is 10.9. The summed E-state index contributed by atoms with van der Waals surface area (Å²) in [5.74, 6) is -0.959. The van der Waals surface area contributed by atoms with Crippen LogP contribution in [0.1, 0.15) is 63.5 Å². The highest BCUT2D eigenvalue weighted by Gasteiger charge is 2.48. The SMILES string of the molecule is CC1=C(C(=O)OC[C@H]2CCCO2)[C@H](c2ccccc2C)C2C(=O)CC(C)(C)CC2=N1. The van der Waals surface area contributed by atoms with Gasteiger partial charge in [-0.05, 0) is 49.7 Å². The van der Waals surface area contributed by atoms with Gasteiger partial charge in [0, 0.05) is 30.4 Å². The van der Waals surface area contributed by atoms with Crippen LogP contribution in [-0.2, 0) is 19.1 Å². The van der Waals surface area contributed by atoms with Gasteiger partial charge >= 0.3 is 5.97 Å². The van der Waals surface area contributed by atoms with E-state index in [1.807, 2.05) is 38.1 Å². The maximum Gasteiger partial charge on any atom is 0.336 e. The Hall–Kier alpha value is -2.27. The summed E-state index contributed by atoms with van der Waals surface area (Å²) in [5, 5.41) is 0. The summed E-state index contributed by atoms with van der Waals surface area (Å²) in [6, 6.07) is 8.00. The second-order valence-electron chi connectivity index (χ2n) is 9.63. The zero-order chi connectivity index (χ0) is 21.5. The number of nitrogens with zero attached hydrogens (tertiary/aromatic N) is 1. The fourth-order valence-corrected chi connectivity index (χ4v) is 5.15. The molecular formula is C25H31NO4. The first-order chi connectivity index (χ1) is 14.3. The van der Waals surface area contributed by atoms with Gasteiger partial charge in [0.25, 0.3) is 0 Å². The molecule has 0 N–H and O–H groups in total. The van der Waals surface area contributed by atoms with Crippen molar-refractivity contribution < 1.29 is 19.1 Å². The summed E-state index contributed by atoms with van der Waals surface area (Å²) < 4.78 is 11.3. The van der Waals surface area contributed by atoms with Gasteiger partial charge in [-0.15, -0.1) is 0 Å². The Labute approximate surface area is 178 Å². The van der Waals surface area contributed by atoms with E-state index in [4.69, 9.17) is 14.5 Å². The minimum atomic E-state index is -0.395. The van der Waals surface area contributed by atoms with Crippen molar-refractivity contribution in [1.82, 2.24) is 0 Å². The van der Waals surface area contributed by atoms with E-state index in [9.17, 15) is 9.59 Å². The van der Waals surface area contributed by atoms with Crippen molar-refractivity contribution in [3.05, 3.63) is 46.7 Å². The Bertz CT molecular complexity index is 921. The summed E-state index contributed by atoms with van der Waals surface area (Å²) >= 11 is 0. The third-order valence-corrected chi connectivity index (χ3v) is 6.53. The van der Waals surface area contributed by atoms with Crippen LogP contribution in [0, 0.1) is 18.3 Å². The third kappa shape index (κ3) is 4.00. The molecule has 1 saturated heterocycles. The van der Waals surface area contributed by atoms with Crippen LogP contribution in [0.5, 0.6) is 0 Å². The number of carbonyl (C=O) groups is 2. The molecule has 3 atom stereocenters. The standard InChI is InChI=1S/C25H31NO4/c1-15-8-5-6-10-18(15)22-21(24(28)30-14-17-9-7-11-29-17)16(2)26-19-12-25(3,4)13-20(27)23(19)22/h5-6,8,10,17,22-23H,7,9,11-14H2,1-4H3/t17-,22+,23?/m1/s1. The molecule has 5 nitrogen and oxygen atoms in total. The van der Waals surface area contributed by atoms with Gasteiger partial charge in [-0.1, -0.05) is 38.1 Å². The van der Waals surface area contributed by atoms with Gasteiger partial charge in [0.1, 0.15) is 12.4 Å². The van der Waals surface area contributed by atoms with Crippen LogP contribution in [0.2, 0.25) is 0 Å². The Morgan fingerprint density at radius 2 is 1.97 bits per heavy atom. The Kier molecular flexibility index (Phi) is 5.67. The van der Waals surface area contributed by atoms with E-state index in [0.717, 1.165) is 42.7 Å². The molecule has 160 valence electrons. The predicted octanol–water partition coefficient (Wildman–Crippen LogP) is 4.53. The van der Waals surface area contributed by atoms with Crippen LogP contribution in [0.25, 0.3) is 0 Å². The zero-order valence-electron chi connectivity index (χ0n) is 18.4. The van der Waals surface area contributed by atoms with Crippen molar-refractivity contribution in [2.24, 2.45) is 16.3 Å². The van der Waals surface area contributed by atoms with Crippen molar-refractivity contribution in [2.45, 2.75) is 65.4 Å². The highest BCUT2D eigenvalue weighted by Crippen LogP contribution is 2.47. The number of ether oxygens (including phenoxy) is 2. The molecule has 5 heteroatoms. The minimum absolute atomic E-state index is 0.0356. The molecule has 0 spiro atoms. The van der Waals surface area contributed by atoms with E-state index in [-0.39, 0.29) is 35.8 Å². The lowest BCUT2D eigenvalue weighted by Gasteiger charge is -2.41. The van der Waals surface area contributed by atoms with Crippen LogP contribution in [0.15, 0.2) is 40.5 Å². The zero-order valence-corrected chi connectivity index (χ0v) is 18.4. The summed E-state index contributed by atoms with van der Waals surface area (Å²) in [5.41, 5.74) is 4.05. The second kappa shape index (κ2) is 8.10. The second-order valence-corrected chi connectivity index (χ2v) is 9.63. The maximum atomic E-state index is 13.3. The molecule has 1 saturated carbocycles. The van der Waals surface area contributed by atoms with Crippen LogP contribution < -0.4 is 0 Å². The van der Waals surface area contributed by atoms with Crippen LogP contribution >= 0.6 is 0 Å². The number of allylic oxidation sites excluding steroid dienone is 1. The van der Waals surface area contributed by atoms with Crippen molar-refractivity contribution in [3.8, 4) is 0 Å². The Morgan fingerprint density at radius 3 is 2.67 bits per heavy atom. The van der Waals surface area contributed by atoms with Crippen LogP contribution in [0.3, 0.4) is 0 Å². The molecule has 3 aliphatic rings. The van der Waals surface area contributed by atoms with Crippen molar-refractivity contribution in [2.75, 3.05) is 13.2 Å². The Balaban J connectivity index is 1.74. The van der Waals surface area contributed by atoms with Crippen LogP contribution in [-0.4, -0.2) is 36.8 Å². The quantitative estimate of drug-likeness (QED) is 0.685. The van der Waals surface area contributed by atoms with Gasteiger partial charge < -0.3 is 9.47 Å². The molecular weight excluding hydrogens is 378 g/mol. The molecule has 30 heavy (non-hydrogen) atoms. The molecule has 1 unspecified atom stereocenters. The largest absolute Gasteiger partial charge is 0.460 e. The molecule has 4 rings (SSSR count). The van der Waals surface area contributed by atoms with Crippen LogP contribution in [0.4, 0.5) is 0 Å². The number of Topliss-reactive ketones (excluding diaryl/α,β-unsaturated/α-hetero) is 1. The monoisotopic (exact) mass is 409 g/mol. The van der Waals surface area contributed by atoms with Gasteiger partial charge in [-0.2, -0.15) is 0 Å². The molecule has 1 aromatic rings. The lowest BCUT2D eigenvalue weighted by molar-refractivity contribution is -0.142. The predicted molar refractivity (Wildman–Crippen MR) is 116 cm³/mol. The lowest BCUT2D eigenvalue weighted by atomic mass is 9.63. The van der Waals surface area contributed by atoms with Gasteiger partial charge in [-0.25, -0.2) is 4.79 Å². The van der Waals surface area contributed by atoms with Gasteiger partial charge in [0.2, 0.25) is 0 Å². The maximum absolute atomic E-state index is 13.3. The van der Waals surface area contributed by atoms with Gasteiger partial charge in [-0.3, -0.25) is 9.79 Å². The first kappa shape index (κ1) is 21.0. The Morgan fingerprint density at radius 1 is 1.20 bits per heavy atom. The third-order valence-electron chi connectivity index (χ3n) is 6.53. The fourth-order valence-electron chi connectivity index (χ4n) is 5.15. The van der Waals surface area contributed by atoms with E-state index in [0.29, 0.717) is 17.7 Å². The van der Waals surface area contributed by atoms with E-state index >= 15 is 0 Å². The highest BCUT2D eigenvalue weighted by atomic mass is 16.6. The summed E-state index contributed by atoms with van der Waals surface area (Å²) in [4.78, 5) is 31.3. The number of ketones is 1. The molecule has 0 radical (unpaired) electrons. The molecule has 0 bridgehead atoms. The number of benzene rings is 1. The molecule has 2 heterocycles. The molecule has 0 amide bonds. The van der Waals surface area contributed by atoms with E-state index < -0.39 is 5.92 Å². The minimum Gasteiger partial charge on any atom is -0.460 e. The summed E-state index contributed by atoms with van der Waals surface area (Å²) in [6.45, 7) is 9.08. The molecule has 1 aromatic carbocycles. The number of rotatable bonds is 4. The molecule has 2 aliphatic heterocycles. The number of aryl methyl sites for hydroxylation is 1. The van der Waals surface area contributed by atoms with Crippen molar-refractivity contribution >= 4 is 17.5 Å². The average Bonchev–Trinajstić information content (AvgIpc) is 3.18. The van der Waals surface area contributed by atoms with E-state index in [1.54, 1.807) is 0 Å². The number of hydrogen-bond donors (Lipinski definition) is 0. The first-order valence-electron chi connectivity index (χ1n) is 10.9. The topological polar surface area (TPSA) is 65.0 Å². The highest BCUT2D eigenvalue weighted by molar-refractivity contribution is 6.12. The van der Waals surface area contributed by atoms with Crippen molar-refractivity contribution in [1.29, 1.82) is 0 Å². The number of aliphatic imine (C=N–C) groups is 1. The smallest absolute Gasteiger partial charge is 0.336 e. The summed E-state index contributed by atoms with van der Waals surface area (Å²) in [6.07, 6.45) is 3.13. The normalized spacial score (nSPS) is 28.2. The number of hydrogen-bond acceptors (Lipinski definition) is 5. The number of fused-ring (bicyclic) bond motifs is 1. The molecule has 0 aromatic heterocycles. The number of carbonyl (C=O) groups excluding carboxylic acids is 2. The van der Waals surface area contributed by atoms with E-state index in [1.165, 1.54) is 0 Å². The molecule has 1 aliphatic carbocycles. The lowest BCUT2D eigenvalue weighted by Crippen LogP contribution is -2.44.